The predicted molar refractivity (Wildman–Crippen MR) is 87.7 cm³/mol. The monoisotopic (exact) mass is 348 g/mol. The minimum absolute atomic E-state index is 0.446. The lowest BCUT2D eigenvalue weighted by Gasteiger charge is -2.13. The van der Waals surface area contributed by atoms with Crippen LogP contribution < -0.4 is 15.8 Å². The highest BCUT2D eigenvalue weighted by Crippen LogP contribution is 2.27. The molecule has 0 atom stereocenters. The molecule has 1 amide bonds. The summed E-state index contributed by atoms with van der Waals surface area (Å²) in [6, 6.07) is 11.2. The lowest BCUT2D eigenvalue weighted by atomic mass is 10.1. The number of nitrogens with two attached hydrogens (primary N) is 1. The molecule has 0 aliphatic heterocycles. The molecule has 3 N–H and O–H groups in total. The van der Waals surface area contributed by atoms with Crippen molar-refractivity contribution in [1.82, 2.24) is 0 Å². The Bertz CT molecular complexity index is 671. The van der Waals surface area contributed by atoms with E-state index in [9.17, 15) is 4.79 Å². The number of primary amides is 1. The summed E-state index contributed by atoms with van der Waals surface area (Å²) in [7, 11) is 1.59. The van der Waals surface area contributed by atoms with Crippen LogP contribution in [0.25, 0.3) is 0 Å². The van der Waals surface area contributed by atoms with E-state index in [0.717, 1.165) is 15.7 Å². The third kappa shape index (κ3) is 3.76. The fourth-order valence-corrected chi connectivity index (χ4v) is 2.62. The van der Waals surface area contributed by atoms with Gasteiger partial charge in [0.25, 0.3) is 0 Å². The Morgan fingerprint density at radius 2 is 2.05 bits per heavy atom. The molecule has 2 rings (SSSR count). The molecule has 0 spiro atoms. The number of anilines is 1. The maximum Gasteiger partial charge on any atom is 0.248 e. The van der Waals surface area contributed by atoms with E-state index in [-0.39, 0.29) is 0 Å². The van der Waals surface area contributed by atoms with Gasteiger partial charge in [-0.2, -0.15) is 0 Å². The van der Waals surface area contributed by atoms with Crippen molar-refractivity contribution in [2.24, 2.45) is 5.73 Å². The highest BCUT2D eigenvalue weighted by Gasteiger charge is 2.08. The van der Waals surface area contributed by atoms with Crippen LogP contribution in [0.15, 0.2) is 40.9 Å². The molecule has 0 aliphatic carbocycles. The van der Waals surface area contributed by atoms with Crippen LogP contribution in [0.1, 0.15) is 21.5 Å². The minimum atomic E-state index is -0.461. The maximum absolute atomic E-state index is 11.3. The predicted octanol–water partition coefficient (Wildman–Crippen LogP) is 3.48. The van der Waals surface area contributed by atoms with Gasteiger partial charge in [-0.15, -0.1) is 0 Å². The van der Waals surface area contributed by atoms with Gasteiger partial charge < -0.3 is 15.8 Å². The van der Waals surface area contributed by atoms with E-state index in [1.807, 2.05) is 6.92 Å². The molecular formula is C16H17BrN2O2. The first kappa shape index (κ1) is 15.4. The Morgan fingerprint density at radius 1 is 1.29 bits per heavy atom. The molecule has 2 aromatic carbocycles. The molecule has 5 heteroatoms. The molecule has 4 nitrogen and oxygen atoms in total. The first-order valence-electron chi connectivity index (χ1n) is 6.48. The van der Waals surface area contributed by atoms with Gasteiger partial charge in [0.15, 0.2) is 0 Å². The molecule has 0 unspecified atom stereocenters. The third-order valence-corrected chi connectivity index (χ3v) is 3.90. The van der Waals surface area contributed by atoms with Crippen LogP contribution in [0, 0.1) is 6.92 Å². The second-order valence-electron chi connectivity index (χ2n) is 4.73. The van der Waals surface area contributed by atoms with Crippen LogP contribution in [0.5, 0.6) is 5.75 Å². The average Bonchev–Trinajstić information content (AvgIpc) is 2.46. The number of halogens is 1. The zero-order valence-electron chi connectivity index (χ0n) is 11.9. The number of rotatable bonds is 5. The molecule has 0 radical (unpaired) electrons. The van der Waals surface area contributed by atoms with Gasteiger partial charge in [0.05, 0.1) is 12.8 Å². The molecule has 0 heterocycles. The number of benzene rings is 2. The van der Waals surface area contributed by atoms with Crippen LogP contribution in [0.4, 0.5) is 5.69 Å². The standard InChI is InChI=1S/C16H17BrN2O2/c1-10-3-4-12(13(17)7-10)9-19-14-8-11(16(18)20)5-6-15(14)21-2/h3-8,19H,9H2,1-2H3,(H2,18,20). The molecule has 2 aromatic rings. The quantitative estimate of drug-likeness (QED) is 0.869. The first-order chi connectivity index (χ1) is 10.0. The van der Waals surface area contributed by atoms with Crippen molar-refractivity contribution in [3.8, 4) is 5.75 Å². The lowest BCUT2D eigenvalue weighted by molar-refractivity contribution is 0.100. The van der Waals surface area contributed by atoms with Crippen molar-refractivity contribution >= 4 is 27.5 Å². The number of amides is 1. The molecule has 110 valence electrons. The van der Waals surface area contributed by atoms with Crippen molar-refractivity contribution in [1.29, 1.82) is 0 Å². The van der Waals surface area contributed by atoms with Gasteiger partial charge in [0.1, 0.15) is 5.75 Å². The topological polar surface area (TPSA) is 64.3 Å². The second kappa shape index (κ2) is 6.63. The highest BCUT2D eigenvalue weighted by molar-refractivity contribution is 9.10. The number of ether oxygens (including phenoxy) is 1. The van der Waals surface area contributed by atoms with E-state index >= 15 is 0 Å². The number of methoxy groups -OCH3 is 1. The van der Waals surface area contributed by atoms with Crippen LogP contribution in [0.2, 0.25) is 0 Å². The van der Waals surface area contributed by atoms with Crippen LogP contribution >= 0.6 is 15.9 Å². The summed E-state index contributed by atoms with van der Waals surface area (Å²) < 4.78 is 6.33. The van der Waals surface area contributed by atoms with Crippen LogP contribution in [0.3, 0.4) is 0 Å². The summed E-state index contributed by atoms with van der Waals surface area (Å²) in [5, 5.41) is 3.27. The Morgan fingerprint density at radius 3 is 2.67 bits per heavy atom. The molecule has 0 fully saturated rings. The summed E-state index contributed by atoms with van der Waals surface area (Å²) in [4.78, 5) is 11.3. The Labute approximate surface area is 132 Å². The number of hydrogen-bond donors (Lipinski definition) is 2. The van der Waals surface area contributed by atoms with Crippen molar-refractivity contribution < 1.29 is 9.53 Å². The first-order valence-corrected chi connectivity index (χ1v) is 7.27. The zero-order valence-corrected chi connectivity index (χ0v) is 13.5. The SMILES string of the molecule is COc1ccc(C(N)=O)cc1NCc1ccc(C)cc1Br. The van der Waals surface area contributed by atoms with Gasteiger partial charge in [0, 0.05) is 16.6 Å². The van der Waals surface area contributed by atoms with Crippen molar-refractivity contribution in [3.63, 3.8) is 0 Å². The summed E-state index contributed by atoms with van der Waals surface area (Å²) in [6.45, 7) is 2.65. The van der Waals surface area contributed by atoms with Gasteiger partial charge in [-0.05, 0) is 42.3 Å². The lowest BCUT2D eigenvalue weighted by Crippen LogP contribution is -2.12. The van der Waals surface area contributed by atoms with E-state index in [4.69, 9.17) is 10.5 Å². The number of nitrogens with one attached hydrogen (secondary N) is 1. The van der Waals surface area contributed by atoms with Gasteiger partial charge >= 0.3 is 0 Å². The third-order valence-electron chi connectivity index (χ3n) is 3.16. The molecular weight excluding hydrogens is 332 g/mol. The van der Waals surface area contributed by atoms with Crippen LogP contribution in [-0.2, 0) is 6.54 Å². The molecule has 0 aromatic heterocycles. The van der Waals surface area contributed by atoms with Gasteiger partial charge in [-0.3, -0.25) is 4.79 Å². The smallest absolute Gasteiger partial charge is 0.248 e. The zero-order chi connectivity index (χ0) is 15.4. The fourth-order valence-electron chi connectivity index (χ4n) is 1.99. The Kier molecular flexibility index (Phi) is 4.85. The van der Waals surface area contributed by atoms with E-state index in [1.165, 1.54) is 5.56 Å². The van der Waals surface area contributed by atoms with Gasteiger partial charge in [-0.25, -0.2) is 0 Å². The average molecular weight is 349 g/mol. The normalized spacial score (nSPS) is 10.2. The highest BCUT2D eigenvalue weighted by atomic mass is 79.9. The fraction of sp³-hybridized carbons (Fsp3) is 0.188. The molecule has 0 bridgehead atoms. The second-order valence-corrected chi connectivity index (χ2v) is 5.58. The van der Waals surface area contributed by atoms with Gasteiger partial charge in [0.2, 0.25) is 5.91 Å². The number of carbonyl (C=O) groups excluding carboxylic acids is 1. The maximum atomic E-state index is 11.3. The van der Waals surface area contributed by atoms with Crippen molar-refractivity contribution in [2.75, 3.05) is 12.4 Å². The van der Waals surface area contributed by atoms with E-state index in [2.05, 4.69) is 39.4 Å². The van der Waals surface area contributed by atoms with Crippen molar-refractivity contribution in [3.05, 3.63) is 57.6 Å². The largest absolute Gasteiger partial charge is 0.495 e. The summed E-state index contributed by atoms with van der Waals surface area (Å²) >= 11 is 3.55. The molecule has 0 saturated carbocycles. The van der Waals surface area contributed by atoms with Crippen molar-refractivity contribution in [2.45, 2.75) is 13.5 Å². The number of hydrogen-bond acceptors (Lipinski definition) is 3. The van der Waals surface area contributed by atoms with E-state index in [0.29, 0.717) is 17.9 Å². The van der Waals surface area contributed by atoms with E-state index in [1.54, 1.807) is 25.3 Å². The minimum Gasteiger partial charge on any atom is -0.495 e. The van der Waals surface area contributed by atoms with Gasteiger partial charge in [-0.1, -0.05) is 28.1 Å². The summed E-state index contributed by atoms with van der Waals surface area (Å²) in [5.41, 5.74) is 8.80. The molecule has 0 aliphatic rings. The summed E-state index contributed by atoms with van der Waals surface area (Å²) in [5.74, 6) is 0.209. The molecule has 0 saturated heterocycles. The Balaban J connectivity index is 2.22. The Hall–Kier alpha value is -2.01. The number of aryl methyl sites for hydroxylation is 1. The molecule has 21 heavy (non-hydrogen) atoms. The summed E-state index contributed by atoms with van der Waals surface area (Å²) in [6.07, 6.45) is 0. The number of carbonyl (C=O) groups is 1. The van der Waals surface area contributed by atoms with E-state index < -0.39 is 5.91 Å². The van der Waals surface area contributed by atoms with Crippen LogP contribution in [-0.4, -0.2) is 13.0 Å².